The maximum absolute atomic E-state index is 5.48. The third-order valence-corrected chi connectivity index (χ3v) is 2.18. The molecule has 0 spiro atoms. The van der Waals surface area contributed by atoms with E-state index in [2.05, 4.69) is 20.7 Å². The van der Waals surface area contributed by atoms with E-state index in [-0.39, 0.29) is 6.10 Å². The van der Waals surface area contributed by atoms with Crippen LogP contribution >= 0.6 is 0 Å². The molecule has 0 bridgehead atoms. The van der Waals surface area contributed by atoms with Gasteiger partial charge in [0.05, 0.1) is 38.3 Å². The zero-order valence-corrected chi connectivity index (χ0v) is 8.85. The molecule has 7 heteroatoms. The van der Waals surface area contributed by atoms with E-state index in [0.717, 1.165) is 0 Å². The Balaban J connectivity index is 1.83. The van der Waals surface area contributed by atoms with E-state index in [4.69, 9.17) is 15.3 Å². The van der Waals surface area contributed by atoms with E-state index in [1.165, 1.54) is 0 Å². The molecule has 88 valence electrons. The van der Waals surface area contributed by atoms with Crippen molar-refractivity contribution >= 4 is 11.6 Å². The lowest BCUT2D eigenvalue weighted by Gasteiger charge is -2.23. The van der Waals surface area contributed by atoms with Gasteiger partial charge >= 0.3 is 0 Å². The quantitative estimate of drug-likeness (QED) is 0.473. The summed E-state index contributed by atoms with van der Waals surface area (Å²) >= 11 is 0. The Kier molecular flexibility index (Phi) is 3.86. The van der Waals surface area contributed by atoms with E-state index >= 15 is 0 Å². The number of nitrogens with zero attached hydrogens (tertiary/aromatic N) is 2. The van der Waals surface area contributed by atoms with E-state index in [1.807, 2.05) is 0 Å². The molecule has 1 saturated heterocycles. The van der Waals surface area contributed by atoms with Crippen LogP contribution in [0.4, 0.5) is 11.6 Å². The van der Waals surface area contributed by atoms with Crippen LogP contribution in [0.15, 0.2) is 12.4 Å². The van der Waals surface area contributed by atoms with Crippen molar-refractivity contribution in [2.45, 2.75) is 6.10 Å². The van der Waals surface area contributed by atoms with Crippen LogP contribution in [-0.4, -0.2) is 42.4 Å². The van der Waals surface area contributed by atoms with Crippen LogP contribution < -0.4 is 16.6 Å². The highest BCUT2D eigenvalue weighted by Crippen LogP contribution is 2.07. The number of hydrazine groups is 1. The molecule has 0 aliphatic carbocycles. The highest BCUT2D eigenvalue weighted by Gasteiger charge is 2.13. The Hall–Kier alpha value is -1.44. The van der Waals surface area contributed by atoms with Crippen LogP contribution in [0.3, 0.4) is 0 Å². The number of nitrogen functional groups attached to an aromatic ring is 1. The number of aromatic nitrogens is 2. The molecular weight excluding hydrogens is 210 g/mol. The molecule has 0 radical (unpaired) electrons. The zero-order valence-electron chi connectivity index (χ0n) is 8.85. The number of anilines is 2. The number of nitrogens with two attached hydrogens (primary N) is 1. The molecule has 1 aromatic heterocycles. The summed E-state index contributed by atoms with van der Waals surface area (Å²) in [4.78, 5) is 8.15. The van der Waals surface area contributed by atoms with Crippen molar-refractivity contribution in [3.05, 3.63) is 12.4 Å². The van der Waals surface area contributed by atoms with Crippen molar-refractivity contribution in [1.29, 1.82) is 0 Å². The molecule has 1 aliphatic rings. The van der Waals surface area contributed by atoms with E-state index in [9.17, 15) is 0 Å². The van der Waals surface area contributed by atoms with Gasteiger partial charge < -0.3 is 20.2 Å². The third kappa shape index (κ3) is 3.02. The molecule has 1 aromatic rings. The van der Waals surface area contributed by atoms with Gasteiger partial charge in [0.1, 0.15) is 5.82 Å². The minimum atomic E-state index is 0.0602. The average molecular weight is 225 g/mol. The Bertz CT molecular complexity index is 329. The van der Waals surface area contributed by atoms with Gasteiger partial charge in [0.15, 0.2) is 5.82 Å². The minimum absolute atomic E-state index is 0.0602. The molecule has 0 saturated carbocycles. The fourth-order valence-electron chi connectivity index (χ4n) is 1.39. The second-order valence-electron chi connectivity index (χ2n) is 3.38. The van der Waals surface area contributed by atoms with E-state index in [0.29, 0.717) is 38.0 Å². The Labute approximate surface area is 93.3 Å². The van der Waals surface area contributed by atoms with Gasteiger partial charge in [-0.1, -0.05) is 0 Å². The lowest BCUT2D eigenvalue weighted by molar-refractivity contribution is -0.0819. The molecule has 2 rings (SSSR count). The molecule has 7 nitrogen and oxygen atoms in total. The van der Waals surface area contributed by atoms with Gasteiger partial charge in [0, 0.05) is 6.54 Å². The molecule has 1 fully saturated rings. The summed E-state index contributed by atoms with van der Waals surface area (Å²) in [5.74, 6) is 6.41. The van der Waals surface area contributed by atoms with Crippen LogP contribution in [0.1, 0.15) is 0 Å². The first-order chi connectivity index (χ1) is 7.88. The van der Waals surface area contributed by atoms with Gasteiger partial charge in [0.25, 0.3) is 0 Å². The molecule has 2 heterocycles. The summed E-state index contributed by atoms with van der Waals surface area (Å²) in [5.41, 5.74) is 2.44. The van der Waals surface area contributed by atoms with Crippen LogP contribution in [0.25, 0.3) is 0 Å². The van der Waals surface area contributed by atoms with E-state index < -0.39 is 0 Å². The van der Waals surface area contributed by atoms with Crippen molar-refractivity contribution in [1.82, 2.24) is 9.97 Å². The van der Waals surface area contributed by atoms with Crippen molar-refractivity contribution < 1.29 is 9.47 Å². The van der Waals surface area contributed by atoms with Gasteiger partial charge in [-0.25, -0.2) is 10.8 Å². The predicted octanol–water partition coefficient (Wildman–Crippen LogP) is -0.411. The van der Waals surface area contributed by atoms with Gasteiger partial charge in [-0.15, -0.1) is 0 Å². The molecule has 0 aromatic carbocycles. The first-order valence-electron chi connectivity index (χ1n) is 5.10. The summed E-state index contributed by atoms with van der Waals surface area (Å²) in [6, 6.07) is 0. The smallest absolute Gasteiger partial charge is 0.160 e. The Morgan fingerprint density at radius 1 is 1.38 bits per heavy atom. The monoisotopic (exact) mass is 225 g/mol. The van der Waals surface area contributed by atoms with Crippen LogP contribution in [0.5, 0.6) is 0 Å². The Morgan fingerprint density at radius 2 is 2.25 bits per heavy atom. The summed E-state index contributed by atoms with van der Waals surface area (Å²) in [5, 5.41) is 3.11. The average Bonchev–Trinajstić information content (AvgIpc) is 2.38. The summed E-state index contributed by atoms with van der Waals surface area (Å²) in [6.07, 6.45) is 3.24. The first-order valence-corrected chi connectivity index (χ1v) is 5.10. The molecule has 1 atom stereocenters. The summed E-state index contributed by atoms with van der Waals surface area (Å²) in [6.45, 7) is 2.56. The van der Waals surface area contributed by atoms with Crippen molar-refractivity contribution in [2.24, 2.45) is 5.84 Å². The molecule has 4 N–H and O–H groups in total. The SMILES string of the molecule is NNc1cncc(NCC2COCCO2)n1. The maximum atomic E-state index is 5.48. The fraction of sp³-hybridized carbons (Fsp3) is 0.556. The van der Waals surface area contributed by atoms with Gasteiger partial charge in [-0.05, 0) is 0 Å². The fourth-order valence-corrected chi connectivity index (χ4v) is 1.39. The molecule has 0 amide bonds. The molecule has 16 heavy (non-hydrogen) atoms. The summed E-state index contributed by atoms with van der Waals surface area (Å²) in [7, 11) is 0. The second-order valence-corrected chi connectivity index (χ2v) is 3.38. The number of hydrogen-bond donors (Lipinski definition) is 3. The highest BCUT2D eigenvalue weighted by atomic mass is 16.6. The number of ether oxygens (including phenoxy) is 2. The second kappa shape index (κ2) is 5.59. The lowest BCUT2D eigenvalue weighted by Crippen LogP contribution is -2.34. The summed E-state index contributed by atoms with van der Waals surface area (Å²) < 4.78 is 10.8. The number of nitrogens with one attached hydrogen (secondary N) is 2. The zero-order chi connectivity index (χ0) is 11.2. The van der Waals surface area contributed by atoms with Crippen molar-refractivity contribution in [3.63, 3.8) is 0 Å². The largest absolute Gasteiger partial charge is 0.376 e. The predicted molar refractivity (Wildman–Crippen MR) is 58.9 cm³/mol. The first kappa shape index (κ1) is 11.1. The van der Waals surface area contributed by atoms with Crippen molar-refractivity contribution in [3.8, 4) is 0 Å². The number of hydrogen-bond acceptors (Lipinski definition) is 7. The standard InChI is InChI=1S/C9H15N5O2/c10-14-9-5-11-4-8(13-9)12-3-7-6-15-1-2-16-7/h4-5,7H,1-3,6,10H2,(H2,12,13,14). The molecular formula is C9H15N5O2. The normalized spacial score (nSPS) is 20.4. The highest BCUT2D eigenvalue weighted by molar-refractivity contribution is 5.40. The lowest BCUT2D eigenvalue weighted by atomic mass is 10.3. The van der Waals surface area contributed by atoms with E-state index in [1.54, 1.807) is 12.4 Å². The minimum Gasteiger partial charge on any atom is -0.376 e. The van der Waals surface area contributed by atoms with Crippen LogP contribution in [-0.2, 0) is 9.47 Å². The molecule has 1 aliphatic heterocycles. The van der Waals surface area contributed by atoms with Crippen LogP contribution in [0, 0.1) is 0 Å². The van der Waals surface area contributed by atoms with Gasteiger partial charge in [0.2, 0.25) is 0 Å². The van der Waals surface area contributed by atoms with Crippen LogP contribution in [0.2, 0.25) is 0 Å². The van der Waals surface area contributed by atoms with Gasteiger partial charge in [-0.3, -0.25) is 4.98 Å². The van der Waals surface area contributed by atoms with Gasteiger partial charge in [-0.2, -0.15) is 0 Å². The van der Waals surface area contributed by atoms with Crippen molar-refractivity contribution in [2.75, 3.05) is 37.1 Å². The molecule has 1 unspecified atom stereocenters. The topological polar surface area (TPSA) is 94.3 Å². The number of rotatable bonds is 4. The third-order valence-electron chi connectivity index (χ3n) is 2.18. The maximum Gasteiger partial charge on any atom is 0.160 e. The Morgan fingerprint density at radius 3 is 3.00 bits per heavy atom.